The molecule has 3 aromatic rings. The van der Waals surface area contributed by atoms with Gasteiger partial charge in [-0.25, -0.2) is 13.6 Å². The highest BCUT2D eigenvalue weighted by Crippen LogP contribution is 2.53. The summed E-state index contributed by atoms with van der Waals surface area (Å²) >= 11 is 12.2. The fourth-order valence-electron chi connectivity index (χ4n) is 6.94. The second kappa shape index (κ2) is 15.5. The van der Waals surface area contributed by atoms with Gasteiger partial charge in [0.1, 0.15) is 23.1 Å². The van der Waals surface area contributed by atoms with Gasteiger partial charge in [-0.3, -0.25) is 10.1 Å². The van der Waals surface area contributed by atoms with Crippen molar-refractivity contribution in [3.8, 4) is 6.07 Å². The largest absolute Gasteiger partial charge is 0.490 e. The van der Waals surface area contributed by atoms with E-state index in [1.807, 2.05) is 18.2 Å². The van der Waals surface area contributed by atoms with Gasteiger partial charge in [-0.05, 0) is 54.0 Å². The van der Waals surface area contributed by atoms with Gasteiger partial charge in [0.05, 0.1) is 11.1 Å². The van der Waals surface area contributed by atoms with Gasteiger partial charge in [-0.1, -0.05) is 97.2 Å². The SMILES string of the molecule is CC(C)(C[C@@H]1N[C@@H](C(=O)O)[C@H](c2cccc(Cl)c2F)[C@@]1(C#N)c1ccc(Cl)cc1F)C1=CCNC(Cc2ccccc2)C1.O=C(O)C(F)(F)F. The van der Waals surface area contributed by atoms with Crippen LogP contribution in [0, 0.1) is 28.4 Å². The number of aliphatic carboxylic acids is 2. The Morgan fingerprint density at radius 3 is 2.26 bits per heavy atom. The number of rotatable bonds is 8. The second-order valence-corrected chi connectivity index (χ2v) is 13.7. The number of hydrogen-bond donors (Lipinski definition) is 4. The van der Waals surface area contributed by atoms with E-state index in [1.165, 1.54) is 35.9 Å². The molecule has 0 radical (unpaired) electrons. The number of benzene rings is 3. The van der Waals surface area contributed by atoms with Gasteiger partial charge < -0.3 is 15.5 Å². The third-order valence-corrected chi connectivity index (χ3v) is 9.80. The number of carbonyl (C=O) groups is 2. The lowest BCUT2D eigenvalue weighted by molar-refractivity contribution is -0.192. The third-order valence-electron chi connectivity index (χ3n) is 9.27. The van der Waals surface area contributed by atoms with Crippen LogP contribution in [-0.4, -0.2) is 53.0 Å². The van der Waals surface area contributed by atoms with Gasteiger partial charge >= 0.3 is 18.1 Å². The Kier molecular flexibility index (Phi) is 12.0. The minimum Gasteiger partial charge on any atom is -0.480 e. The van der Waals surface area contributed by atoms with E-state index >= 15 is 8.78 Å². The smallest absolute Gasteiger partial charge is 0.480 e. The highest BCUT2D eigenvalue weighted by molar-refractivity contribution is 6.31. The zero-order valence-electron chi connectivity index (χ0n) is 26.9. The minimum absolute atomic E-state index is 0.0397. The van der Waals surface area contributed by atoms with Crippen LogP contribution >= 0.6 is 23.2 Å². The number of nitrogens with one attached hydrogen (secondary N) is 2. The van der Waals surface area contributed by atoms with Crippen molar-refractivity contribution in [2.75, 3.05) is 6.54 Å². The number of nitrogens with zero attached hydrogens (tertiary/aromatic N) is 1. The van der Waals surface area contributed by atoms with Crippen LogP contribution in [0.1, 0.15) is 49.3 Å². The molecule has 1 unspecified atom stereocenters. The summed E-state index contributed by atoms with van der Waals surface area (Å²) in [6, 6.07) is 18.7. The van der Waals surface area contributed by atoms with Crippen LogP contribution in [0.15, 0.2) is 78.4 Å². The molecule has 1 fully saturated rings. The first kappa shape index (κ1) is 38.8. The summed E-state index contributed by atoms with van der Waals surface area (Å²) in [4.78, 5) is 21.6. The molecule has 5 atom stereocenters. The molecular weight excluding hydrogens is 704 g/mol. The van der Waals surface area contributed by atoms with E-state index in [-0.39, 0.29) is 33.6 Å². The lowest BCUT2D eigenvalue weighted by Gasteiger charge is -2.41. The molecule has 2 aliphatic heterocycles. The lowest BCUT2D eigenvalue weighted by Crippen LogP contribution is -2.46. The Morgan fingerprint density at radius 1 is 1.02 bits per heavy atom. The van der Waals surface area contributed by atoms with Gasteiger partial charge in [0, 0.05) is 35.1 Å². The van der Waals surface area contributed by atoms with Gasteiger partial charge in [0.15, 0.2) is 0 Å². The van der Waals surface area contributed by atoms with E-state index in [0.29, 0.717) is 6.54 Å². The molecule has 0 bridgehead atoms. The number of halogens is 7. The maximum atomic E-state index is 15.8. The van der Waals surface area contributed by atoms with Crippen molar-refractivity contribution >= 4 is 35.1 Å². The summed E-state index contributed by atoms with van der Waals surface area (Å²) in [6.07, 6.45) is -1.07. The first-order valence-electron chi connectivity index (χ1n) is 15.5. The predicted octanol–water partition coefficient (Wildman–Crippen LogP) is 7.82. The van der Waals surface area contributed by atoms with Crippen molar-refractivity contribution in [2.24, 2.45) is 5.41 Å². The van der Waals surface area contributed by atoms with Crippen LogP contribution in [0.25, 0.3) is 0 Å². The summed E-state index contributed by atoms with van der Waals surface area (Å²) in [5, 5.41) is 35.1. The molecule has 2 aliphatic rings. The highest BCUT2D eigenvalue weighted by Gasteiger charge is 2.61. The van der Waals surface area contributed by atoms with Gasteiger partial charge in [0.2, 0.25) is 0 Å². The minimum atomic E-state index is -5.08. The maximum absolute atomic E-state index is 15.8. The molecule has 4 N–H and O–H groups in total. The van der Waals surface area contributed by atoms with Crippen LogP contribution in [0.4, 0.5) is 22.0 Å². The lowest BCUT2D eigenvalue weighted by atomic mass is 9.61. The second-order valence-electron chi connectivity index (χ2n) is 12.9. The molecule has 0 amide bonds. The van der Waals surface area contributed by atoms with E-state index in [1.54, 1.807) is 0 Å². The van der Waals surface area contributed by atoms with Gasteiger partial charge in [0.25, 0.3) is 0 Å². The third kappa shape index (κ3) is 8.29. The predicted molar refractivity (Wildman–Crippen MR) is 178 cm³/mol. The molecule has 3 aromatic carbocycles. The maximum Gasteiger partial charge on any atom is 0.490 e. The molecular formula is C36H34Cl2F5N3O4. The zero-order chi connectivity index (χ0) is 37.0. The average molecular weight is 739 g/mol. The summed E-state index contributed by atoms with van der Waals surface area (Å²) in [6.45, 7) is 4.77. The Hall–Kier alpha value is -4.02. The summed E-state index contributed by atoms with van der Waals surface area (Å²) < 4.78 is 63.2. The first-order valence-corrected chi connectivity index (χ1v) is 16.2. The van der Waals surface area contributed by atoms with Crippen molar-refractivity contribution in [3.63, 3.8) is 0 Å². The Balaban J connectivity index is 0.000000727. The first-order chi connectivity index (χ1) is 23.4. The van der Waals surface area contributed by atoms with Crippen LogP contribution < -0.4 is 10.6 Å². The standard InChI is InChI=1S/C34H33Cl2F2N3O2.C2HF3O2/c1-33(2,21-13-14-40-23(16-21)15-20-7-4-3-5-8-20)18-28-34(19-39,25-12-11-22(35)17-27(25)37)29(31(41-28)32(42)43)24-9-6-10-26(36)30(24)38;3-2(4,5)1(6)7/h3-13,17,23,28-29,31,40-41H,14-16,18H2,1-2H3,(H,42,43);(H,6,7)/t23?,28-,29-,31+,34-;/m0./s1. The zero-order valence-corrected chi connectivity index (χ0v) is 28.4. The van der Waals surface area contributed by atoms with Crippen LogP contribution in [0.2, 0.25) is 10.0 Å². The molecule has 5 rings (SSSR count). The van der Waals surface area contributed by atoms with E-state index in [4.69, 9.17) is 33.1 Å². The van der Waals surface area contributed by atoms with Gasteiger partial charge in [-0.2, -0.15) is 18.4 Å². The van der Waals surface area contributed by atoms with E-state index in [9.17, 15) is 28.3 Å². The molecule has 0 spiro atoms. The quantitative estimate of drug-likeness (QED) is 0.137. The van der Waals surface area contributed by atoms with Crippen molar-refractivity contribution in [1.29, 1.82) is 5.26 Å². The van der Waals surface area contributed by atoms with Crippen molar-refractivity contribution in [3.05, 3.63) is 117 Å². The molecule has 0 saturated carbocycles. The Morgan fingerprint density at radius 2 is 1.68 bits per heavy atom. The number of nitriles is 1. The van der Waals surface area contributed by atoms with Gasteiger partial charge in [-0.15, -0.1) is 0 Å². The number of alkyl halides is 3. The Bertz CT molecular complexity index is 1800. The number of hydrogen-bond acceptors (Lipinski definition) is 5. The van der Waals surface area contributed by atoms with E-state index < -0.39 is 58.6 Å². The van der Waals surface area contributed by atoms with Crippen LogP contribution in [-0.2, 0) is 21.4 Å². The monoisotopic (exact) mass is 737 g/mol. The highest BCUT2D eigenvalue weighted by atomic mass is 35.5. The van der Waals surface area contributed by atoms with Crippen molar-refractivity contribution < 1.29 is 41.8 Å². The summed E-state index contributed by atoms with van der Waals surface area (Å²) in [7, 11) is 0. The molecule has 0 aromatic heterocycles. The Labute approximate surface area is 295 Å². The number of carboxylic acid groups (broad SMARTS) is 2. The number of carboxylic acids is 2. The normalized spacial score (nSPS) is 23.6. The van der Waals surface area contributed by atoms with E-state index in [0.717, 1.165) is 24.5 Å². The molecule has 14 heteroatoms. The average Bonchev–Trinajstić information content (AvgIpc) is 3.36. The fourth-order valence-corrected chi connectivity index (χ4v) is 7.28. The van der Waals surface area contributed by atoms with Crippen molar-refractivity contribution in [2.45, 2.75) is 68.7 Å². The molecule has 1 saturated heterocycles. The molecule has 2 heterocycles. The molecule has 50 heavy (non-hydrogen) atoms. The van der Waals surface area contributed by atoms with Crippen LogP contribution in [0.5, 0.6) is 0 Å². The molecule has 7 nitrogen and oxygen atoms in total. The van der Waals surface area contributed by atoms with E-state index in [2.05, 4.69) is 48.8 Å². The fraction of sp³-hybridized carbons (Fsp3) is 0.361. The molecule has 0 aliphatic carbocycles. The summed E-state index contributed by atoms with van der Waals surface area (Å²) in [5.41, 5.74) is -0.0626. The van der Waals surface area contributed by atoms with Crippen LogP contribution in [0.3, 0.4) is 0 Å². The summed E-state index contributed by atoms with van der Waals surface area (Å²) in [5.74, 6) is -6.92. The van der Waals surface area contributed by atoms with Crippen molar-refractivity contribution in [1.82, 2.24) is 10.6 Å². The topological polar surface area (TPSA) is 122 Å². The molecule has 266 valence electrons.